The van der Waals surface area contributed by atoms with Crippen LogP contribution in [-0.4, -0.2) is 19.8 Å². The van der Waals surface area contributed by atoms with Crippen molar-refractivity contribution in [1.82, 2.24) is 0 Å². The van der Waals surface area contributed by atoms with E-state index >= 15 is 0 Å². The number of rotatable bonds is 4. The zero-order valence-corrected chi connectivity index (χ0v) is 13.6. The highest BCUT2D eigenvalue weighted by Gasteiger charge is 2.35. The maximum atomic E-state index is 13.3. The summed E-state index contributed by atoms with van der Waals surface area (Å²) in [7, 11) is 6.44. The van der Waals surface area contributed by atoms with Gasteiger partial charge in [-0.15, -0.1) is 0 Å². The first-order valence-electron chi connectivity index (χ1n) is 7.73. The Morgan fingerprint density at radius 3 is 2.58 bits per heavy atom. The maximum Gasteiger partial charge on any atom is 0.173 e. The summed E-state index contributed by atoms with van der Waals surface area (Å²) in [5, 5.41) is 7.07. The Bertz CT molecular complexity index is 817. The van der Waals surface area contributed by atoms with Crippen molar-refractivity contribution in [3.8, 4) is 11.5 Å². The summed E-state index contributed by atoms with van der Waals surface area (Å²) in [5.41, 5.74) is 2.44. The van der Waals surface area contributed by atoms with Crippen molar-refractivity contribution in [2.24, 2.45) is 0 Å². The summed E-state index contributed by atoms with van der Waals surface area (Å²) in [6.07, 6.45) is 1.55. The van der Waals surface area contributed by atoms with Crippen LogP contribution in [0.25, 0.3) is 5.57 Å². The Morgan fingerprint density at radius 2 is 1.96 bits per heavy atom. The van der Waals surface area contributed by atoms with Crippen LogP contribution in [0.15, 0.2) is 47.9 Å². The van der Waals surface area contributed by atoms with Gasteiger partial charge in [-0.1, -0.05) is 24.5 Å². The van der Waals surface area contributed by atoms with Crippen LogP contribution >= 0.6 is 0 Å². The topological polar surface area (TPSA) is 42.3 Å². The highest BCUT2D eigenvalue weighted by atomic mass is 19.1. The Kier molecular flexibility index (Phi) is 4.18. The second kappa shape index (κ2) is 6.15. The fourth-order valence-corrected chi connectivity index (χ4v) is 2.83. The minimum absolute atomic E-state index is 0.293. The van der Waals surface area contributed by atoms with E-state index in [1.807, 2.05) is 19.9 Å². The van der Waals surface area contributed by atoms with Crippen LogP contribution in [0, 0.1) is 11.2 Å². The normalized spacial score (nSPS) is 19.5. The number of ether oxygens (including phenoxy) is 2. The van der Waals surface area contributed by atoms with Gasteiger partial charge in [0.05, 0.1) is 0 Å². The van der Waals surface area contributed by atoms with Gasteiger partial charge in [-0.2, -0.15) is 0 Å². The molecule has 3 nitrogen and oxygen atoms in total. The van der Waals surface area contributed by atoms with Gasteiger partial charge in [0, 0.05) is 11.6 Å². The first-order chi connectivity index (χ1) is 11.5. The van der Waals surface area contributed by atoms with Crippen LogP contribution in [0.2, 0.25) is 0 Å². The Hall–Kier alpha value is -2.56. The van der Waals surface area contributed by atoms with Crippen LogP contribution in [0.4, 0.5) is 4.39 Å². The molecule has 2 aromatic carbocycles. The molecule has 0 bridgehead atoms. The summed E-state index contributed by atoms with van der Waals surface area (Å²) >= 11 is 0. The molecule has 0 fully saturated rings. The lowest BCUT2D eigenvalue weighted by Crippen LogP contribution is -2.38. The number of nitrogens with one attached hydrogen (secondary N) is 1. The molecule has 1 heterocycles. The number of hydrogen-bond donors (Lipinski definition) is 1. The monoisotopic (exact) mass is 321 g/mol. The molecule has 0 amide bonds. The van der Waals surface area contributed by atoms with Gasteiger partial charge in [-0.25, -0.2) is 4.39 Å². The lowest BCUT2D eigenvalue weighted by Gasteiger charge is -2.38. The Balaban J connectivity index is 2.21. The lowest BCUT2D eigenvalue weighted by molar-refractivity contribution is 0.127. The smallest absolute Gasteiger partial charge is 0.173 e. The summed E-state index contributed by atoms with van der Waals surface area (Å²) in [6.45, 7) is 3.93. The Morgan fingerprint density at radius 1 is 1.25 bits per heavy atom. The molecule has 1 unspecified atom stereocenters. The number of halogens is 1. The van der Waals surface area contributed by atoms with Gasteiger partial charge in [0.2, 0.25) is 0 Å². The highest BCUT2D eigenvalue weighted by molar-refractivity contribution is 6.28. The van der Waals surface area contributed by atoms with E-state index in [1.165, 1.54) is 12.1 Å². The summed E-state index contributed by atoms with van der Waals surface area (Å²) < 4.78 is 24.5. The molecule has 0 saturated heterocycles. The van der Waals surface area contributed by atoms with E-state index in [-0.39, 0.29) is 5.82 Å². The van der Waals surface area contributed by atoms with Crippen molar-refractivity contribution in [2.75, 3.05) is 0 Å². The molecule has 2 radical (unpaired) electrons. The maximum absolute atomic E-state index is 13.3. The van der Waals surface area contributed by atoms with Crippen molar-refractivity contribution in [3.63, 3.8) is 0 Å². The highest BCUT2D eigenvalue weighted by Crippen LogP contribution is 2.45. The zero-order valence-electron chi connectivity index (χ0n) is 13.6. The van der Waals surface area contributed by atoms with Crippen LogP contribution in [0.5, 0.6) is 11.5 Å². The van der Waals surface area contributed by atoms with Gasteiger partial charge < -0.3 is 9.47 Å². The van der Waals surface area contributed by atoms with E-state index in [9.17, 15) is 4.39 Å². The third-order valence-corrected chi connectivity index (χ3v) is 4.40. The molecule has 0 aliphatic carbocycles. The number of hydrogen-bond acceptors (Lipinski definition) is 3. The predicted molar refractivity (Wildman–Crippen MR) is 93.4 cm³/mol. The first kappa shape index (κ1) is 16.3. The fraction of sp³-hybridized carbons (Fsp3) is 0.211. The quantitative estimate of drug-likeness (QED) is 0.518. The van der Waals surface area contributed by atoms with Crippen molar-refractivity contribution >= 4 is 19.8 Å². The molecule has 24 heavy (non-hydrogen) atoms. The SMILES string of the molecule is [B]C1=C(c2ccc(F)cc2)c2ccc(OC=N)cc2OC1(C)CC. The molecule has 0 aromatic heterocycles. The van der Waals surface area contributed by atoms with Crippen LogP contribution < -0.4 is 9.47 Å². The van der Waals surface area contributed by atoms with Gasteiger partial charge in [0.25, 0.3) is 0 Å². The van der Waals surface area contributed by atoms with E-state index in [1.54, 1.807) is 24.3 Å². The molecular formula is C19H17BFNO2. The molecule has 1 N–H and O–H groups in total. The van der Waals surface area contributed by atoms with Gasteiger partial charge in [0.1, 0.15) is 30.8 Å². The minimum atomic E-state index is -0.667. The summed E-state index contributed by atoms with van der Waals surface area (Å²) in [5.74, 6) is 0.853. The Labute approximate surface area is 142 Å². The second-order valence-corrected chi connectivity index (χ2v) is 5.88. The molecule has 2 aromatic rings. The molecule has 1 aliphatic rings. The van der Waals surface area contributed by atoms with Gasteiger partial charge in [-0.05, 0) is 48.7 Å². The van der Waals surface area contributed by atoms with E-state index in [0.717, 1.165) is 23.1 Å². The average molecular weight is 321 g/mol. The van der Waals surface area contributed by atoms with Gasteiger partial charge >= 0.3 is 0 Å². The van der Waals surface area contributed by atoms with Crippen LogP contribution in [0.1, 0.15) is 31.4 Å². The van der Waals surface area contributed by atoms with Crippen LogP contribution in [-0.2, 0) is 0 Å². The molecule has 1 atom stereocenters. The molecule has 5 heteroatoms. The molecular weight excluding hydrogens is 304 g/mol. The second-order valence-electron chi connectivity index (χ2n) is 5.88. The molecule has 120 valence electrons. The van der Waals surface area contributed by atoms with Crippen molar-refractivity contribution in [2.45, 2.75) is 25.9 Å². The molecule has 0 saturated carbocycles. The van der Waals surface area contributed by atoms with E-state index in [4.69, 9.17) is 22.7 Å². The van der Waals surface area contributed by atoms with Gasteiger partial charge in [-0.3, -0.25) is 5.41 Å². The van der Waals surface area contributed by atoms with Crippen LogP contribution in [0.3, 0.4) is 0 Å². The van der Waals surface area contributed by atoms with Crippen molar-refractivity contribution in [1.29, 1.82) is 5.41 Å². The van der Waals surface area contributed by atoms with E-state index < -0.39 is 5.60 Å². The predicted octanol–water partition coefficient (Wildman–Crippen LogP) is 4.30. The van der Waals surface area contributed by atoms with E-state index in [2.05, 4.69) is 0 Å². The minimum Gasteiger partial charge on any atom is -0.483 e. The standard InChI is InChI=1S/C19H17BFNO2/c1-3-19(2)18(20)17(12-4-6-13(21)7-5-12)15-9-8-14(23-11-22)10-16(15)24-19/h4-11,22H,3H2,1-2H3. The third-order valence-electron chi connectivity index (χ3n) is 4.40. The largest absolute Gasteiger partial charge is 0.483 e. The average Bonchev–Trinajstić information content (AvgIpc) is 2.58. The summed E-state index contributed by atoms with van der Waals surface area (Å²) in [6, 6.07) is 11.6. The van der Waals surface area contributed by atoms with Crippen molar-refractivity contribution < 1.29 is 13.9 Å². The van der Waals surface area contributed by atoms with Crippen molar-refractivity contribution in [3.05, 3.63) is 64.9 Å². The first-order valence-corrected chi connectivity index (χ1v) is 7.73. The fourth-order valence-electron chi connectivity index (χ4n) is 2.83. The number of fused-ring (bicyclic) bond motifs is 1. The molecule has 0 spiro atoms. The van der Waals surface area contributed by atoms with E-state index in [0.29, 0.717) is 23.4 Å². The molecule has 1 aliphatic heterocycles. The lowest BCUT2D eigenvalue weighted by atomic mass is 9.71. The summed E-state index contributed by atoms with van der Waals surface area (Å²) in [4.78, 5) is 0. The number of benzene rings is 2. The third kappa shape index (κ3) is 2.71. The van der Waals surface area contributed by atoms with Gasteiger partial charge in [0.15, 0.2) is 6.40 Å². The zero-order chi connectivity index (χ0) is 17.3. The molecule has 3 rings (SSSR count).